The molecule has 0 heterocycles. The quantitative estimate of drug-likeness (QED) is 0.153. The van der Waals surface area contributed by atoms with Crippen LogP contribution in [0.3, 0.4) is 0 Å². The van der Waals surface area contributed by atoms with Crippen molar-refractivity contribution in [3.8, 4) is 0 Å². The van der Waals surface area contributed by atoms with E-state index < -0.39 is 7.75 Å². The molecule has 7 heteroatoms. The van der Waals surface area contributed by atoms with Crippen LogP contribution in [0.25, 0.3) is 0 Å². The number of unbranched alkanes of at least 4 members (excludes halogenated alkanes) is 12. The van der Waals surface area contributed by atoms with E-state index in [1.807, 2.05) is 4.67 Å². The normalized spacial score (nSPS) is 12.2. The highest BCUT2D eigenvalue weighted by Crippen LogP contribution is 2.52. The summed E-state index contributed by atoms with van der Waals surface area (Å²) in [5.74, 6) is 0. The highest BCUT2D eigenvalue weighted by molar-refractivity contribution is 7.51. The molecule has 0 saturated carbocycles. The molecule has 0 bridgehead atoms. The molecular weight excluding hydrogens is 389 g/mol. The van der Waals surface area contributed by atoms with Gasteiger partial charge in [0, 0.05) is 13.1 Å². The first-order chi connectivity index (χ1) is 14.1. The smallest absolute Gasteiger partial charge is 0.394 e. The van der Waals surface area contributed by atoms with Gasteiger partial charge in [0.05, 0.1) is 26.4 Å². The third-order valence-corrected chi connectivity index (χ3v) is 7.19. The predicted molar refractivity (Wildman–Crippen MR) is 121 cm³/mol. The van der Waals surface area contributed by atoms with E-state index >= 15 is 0 Å². The molecule has 6 nitrogen and oxygen atoms in total. The summed E-state index contributed by atoms with van der Waals surface area (Å²) in [4.78, 5) is 0. The molecule has 0 spiro atoms. The zero-order chi connectivity index (χ0) is 21.6. The molecule has 0 saturated heterocycles. The van der Waals surface area contributed by atoms with Crippen molar-refractivity contribution in [1.29, 1.82) is 0 Å². The van der Waals surface area contributed by atoms with Crippen LogP contribution in [-0.2, 0) is 13.6 Å². The van der Waals surface area contributed by atoms with E-state index in [1.54, 1.807) is 0 Å². The topological polar surface area (TPSA) is 79.2 Å². The summed E-state index contributed by atoms with van der Waals surface area (Å²) in [6, 6.07) is 0. The minimum Gasteiger partial charge on any atom is -0.394 e. The Bertz CT molecular complexity index is 354. The molecule has 176 valence electrons. The number of aliphatic hydroxyl groups is 2. The molecular formula is C22H48NO5P. The number of hydrogen-bond acceptors (Lipinski definition) is 5. The largest absolute Gasteiger partial charge is 0.408 e. The molecule has 0 amide bonds. The molecule has 0 aromatic heterocycles. The van der Waals surface area contributed by atoms with Crippen molar-refractivity contribution in [3.63, 3.8) is 0 Å². The first-order valence-electron chi connectivity index (χ1n) is 12.0. The van der Waals surface area contributed by atoms with Crippen LogP contribution in [-0.4, -0.2) is 54.4 Å². The Balaban J connectivity index is 4.54. The lowest BCUT2D eigenvalue weighted by molar-refractivity contribution is 0.111. The predicted octanol–water partition coefficient (Wildman–Crippen LogP) is 5.92. The molecule has 0 aliphatic heterocycles. The zero-order valence-corrected chi connectivity index (χ0v) is 20.1. The molecule has 0 unspecified atom stereocenters. The van der Waals surface area contributed by atoms with Crippen LogP contribution in [0.5, 0.6) is 0 Å². The minimum absolute atomic E-state index is 0.0206. The Morgan fingerprint density at radius 1 is 0.621 bits per heavy atom. The van der Waals surface area contributed by atoms with Gasteiger partial charge in [0.15, 0.2) is 0 Å². The second kappa shape index (κ2) is 21.3. The fourth-order valence-corrected chi connectivity index (χ4v) is 5.17. The highest BCUT2D eigenvalue weighted by Gasteiger charge is 2.32. The van der Waals surface area contributed by atoms with Crippen LogP contribution in [0.2, 0.25) is 0 Å². The van der Waals surface area contributed by atoms with Gasteiger partial charge in [0.2, 0.25) is 0 Å². The molecule has 0 radical (unpaired) electrons. The lowest BCUT2D eigenvalue weighted by Crippen LogP contribution is -2.27. The van der Waals surface area contributed by atoms with Crippen LogP contribution in [0.1, 0.15) is 104 Å². The summed E-state index contributed by atoms with van der Waals surface area (Å²) in [5, 5.41) is 18.2. The second-order valence-corrected chi connectivity index (χ2v) is 9.80. The van der Waals surface area contributed by atoms with Gasteiger partial charge < -0.3 is 10.2 Å². The van der Waals surface area contributed by atoms with Gasteiger partial charge in [-0.15, -0.1) is 0 Å². The summed E-state index contributed by atoms with van der Waals surface area (Å²) in [5.41, 5.74) is 0. The zero-order valence-electron chi connectivity index (χ0n) is 19.2. The average molecular weight is 438 g/mol. The van der Waals surface area contributed by atoms with Gasteiger partial charge in [0.1, 0.15) is 0 Å². The van der Waals surface area contributed by atoms with Crippen LogP contribution in [0.15, 0.2) is 0 Å². The fourth-order valence-electron chi connectivity index (χ4n) is 3.37. The van der Waals surface area contributed by atoms with E-state index in [4.69, 9.17) is 19.3 Å². The molecule has 0 aliphatic carbocycles. The summed E-state index contributed by atoms with van der Waals surface area (Å²) in [7, 11) is -3.48. The van der Waals surface area contributed by atoms with Gasteiger partial charge in [-0.25, -0.2) is 9.24 Å². The van der Waals surface area contributed by atoms with Gasteiger partial charge in [-0.1, -0.05) is 90.9 Å². The van der Waals surface area contributed by atoms with Crippen molar-refractivity contribution in [1.82, 2.24) is 4.67 Å². The van der Waals surface area contributed by atoms with Crippen LogP contribution in [0, 0.1) is 0 Å². The Kier molecular flexibility index (Phi) is 21.3. The molecule has 0 aromatic carbocycles. The number of nitrogens with zero attached hydrogens (tertiary/aromatic N) is 1. The van der Waals surface area contributed by atoms with E-state index in [9.17, 15) is 4.57 Å². The van der Waals surface area contributed by atoms with Gasteiger partial charge in [-0.2, -0.15) is 0 Å². The molecule has 29 heavy (non-hydrogen) atoms. The summed E-state index contributed by atoms with van der Waals surface area (Å²) >= 11 is 0. The standard InChI is InChI=1S/C22H48NO5P/c1-3-5-7-9-11-13-15-17-23(18-16-14-12-10-8-6-4-2)29(26,27-21-19-24)28-22-20-25/h24-25H,3-22H2,1-2H3. The second-order valence-electron chi connectivity index (χ2n) is 7.78. The first-order valence-corrected chi connectivity index (χ1v) is 13.5. The summed E-state index contributed by atoms with van der Waals surface area (Å²) in [6.45, 7) is 5.33. The lowest BCUT2D eigenvalue weighted by atomic mass is 10.1. The minimum atomic E-state index is -3.48. The van der Waals surface area contributed by atoms with Crippen LogP contribution < -0.4 is 0 Å². The Morgan fingerprint density at radius 3 is 1.31 bits per heavy atom. The third-order valence-electron chi connectivity index (χ3n) is 5.08. The van der Waals surface area contributed by atoms with Gasteiger partial charge in [0.25, 0.3) is 0 Å². The van der Waals surface area contributed by atoms with E-state index in [2.05, 4.69) is 13.8 Å². The van der Waals surface area contributed by atoms with Crippen molar-refractivity contribution in [2.75, 3.05) is 39.5 Å². The molecule has 0 rings (SSSR count). The van der Waals surface area contributed by atoms with Crippen molar-refractivity contribution in [2.24, 2.45) is 0 Å². The molecule has 0 aliphatic rings. The highest BCUT2D eigenvalue weighted by atomic mass is 31.2. The Hall–Kier alpha value is 0.0300. The molecule has 2 N–H and O–H groups in total. The molecule has 0 atom stereocenters. The van der Waals surface area contributed by atoms with E-state index in [-0.39, 0.29) is 26.4 Å². The van der Waals surface area contributed by atoms with Crippen molar-refractivity contribution in [2.45, 2.75) is 104 Å². The summed E-state index contributed by atoms with van der Waals surface area (Å²) < 4.78 is 26.1. The van der Waals surface area contributed by atoms with Gasteiger partial charge in [-0.05, 0) is 12.8 Å². The average Bonchev–Trinajstić information content (AvgIpc) is 2.73. The maximum absolute atomic E-state index is 13.3. The van der Waals surface area contributed by atoms with Crippen LogP contribution >= 0.6 is 7.75 Å². The number of hydrogen-bond donors (Lipinski definition) is 2. The molecule has 0 fully saturated rings. The maximum Gasteiger partial charge on any atom is 0.408 e. The van der Waals surface area contributed by atoms with Crippen molar-refractivity contribution >= 4 is 7.75 Å². The number of aliphatic hydroxyl groups excluding tert-OH is 2. The Morgan fingerprint density at radius 2 is 0.966 bits per heavy atom. The monoisotopic (exact) mass is 437 g/mol. The number of rotatable bonds is 23. The van der Waals surface area contributed by atoms with Gasteiger partial charge in [-0.3, -0.25) is 9.05 Å². The summed E-state index contributed by atoms with van der Waals surface area (Å²) in [6.07, 6.45) is 16.7. The Labute approximate surface area is 179 Å². The van der Waals surface area contributed by atoms with E-state index in [0.717, 1.165) is 25.7 Å². The lowest BCUT2D eigenvalue weighted by Gasteiger charge is -2.30. The SMILES string of the molecule is CCCCCCCCCN(CCCCCCCCC)P(=O)(OCCO)OCCO. The van der Waals surface area contributed by atoms with Crippen LogP contribution in [0.4, 0.5) is 0 Å². The van der Waals surface area contributed by atoms with Gasteiger partial charge >= 0.3 is 7.75 Å². The molecule has 0 aromatic rings. The third kappa shape index (κ3) is 16.4. The van der Waals surface area contributed by atoms with Crippen molar-refractivity contribution < 1.29 is 23.8 Å². The van der Waals surface area contributed by atoms with Crippen molar-refractivity contribution in [3.05, 3.63) is 0 Å². The first kappa shape index (κ1) is 29.0. The maximum atomic E-state index is 13.3. The van der Waals surface area contributed by atoms with E-state index in [0.29, 0.717) is 13.1 Å². The fraction of sp³-hybridized carbons (Fsp3) is 1.00. The van der Waals surface area contributed by atoms with E-state index in [1.165, 1.54) is 64.2 Å².